The summed E-state index contributed by atoms with van der Waals surface area (Å²) in [4.78, 5) is 23.1. The molecular formula is C31H30N4O. The second kappa shape index (κ2) is 8.37. The molecular weight excluding hydrogens is 444 g/mol. The van der Waals surface area contributed by atoms with Gasteiger partial charge in [0.2, 0.25) is 5.91 Å². The molecule has 1 unspecified atom stereocenters. The number of nitrogens with one attached hydrogen (secondary N) is 1. The molecule has 36 heavy (non-hydrogen) atoms. The van der Waals surface area contributed by atoms with Crippen molar-refractivity contribution in [2.75, 3.05) is 13.1 Å². The van der Waals surface area contributed by atoms with E-state index in [-0.39, 0.29) is 0 Å². The third kappa shape index (κ3) is 3.79. The van der Waals surface area contributed by atoms with Crippen molar-refractivity contribution < 1.29 is 4.79 Å². The first-order valence-corrected chi connectivity index (χ1v) is 13.1. The minimum Gasteiger partial charge on any atom is -0.361 e. The van der Waals surface area contributed by atoms with E-state index in [0.717, 1.165) is 61.3 Å². The van der Waals surface area contributed by atoms with E-state index in [0.29, 0.717) is 17.7 Å². The number of rotatable bonds is 5. The van der Waals surface area contributed by atoms with Crippen LogP contribution in [0.2, 0.25) is 0 Å². The molecule has 2 fully saturated rings. The van der Waals surface area contributed by atoms with Crippen LogP contribution in [0.15, 0.2) is 72.9 Å². The Hall–Kier alpha value is -3.86. The van der Waals surface area contributed by atoms with Crippen LogP contribution in [0.5, 0.6) is 0 Å². The molecule has 0 spiro atoms. The standard InChI is InChI=1S/C31H30N4O/c1-20-2-11-29-28(16-20)33-30(35(29)19-21-13-15-34(18-21)31(36)25-8-9-25)24-6-3-22(4-7-24)26-10-5-23-12-14-32-27(23)17-26/h2-7,10-12,14,16-17,21,25,32H,8-9,13,15,18-19H2,1H3. The molecule has 3 heterocycles. The number of hydrogen-bond donors (Lipinski definition) is 1. The minimum absolute atomic E-state index is 0.299. The predicted octanol–water partition coefficient (Wildman–Crippen LogP) is 6.42. The van der Waals surface area contributed by atoms with E-state index in [1.54, 1.807) is 0 Å². The first-order chi connectivity index (χ1) is 17.6. The number of benzene rings is 3. The van der Waals surface area contributed by atoms with Gasteiger partial charge in [-0.05, 0) is 78.4 Å². The normalized spacial score (nSPS) is 17.9. The van der Waals surface area contributed by atoms with Crippen LogP contribution in [-0.2, 0) is 11.3 Å². The fraction of sp³-hybridized carbons (Fsp3) is 0.290. The number of aryl methyl sites for hydroxylation is 1. The van der Waals surface area contributed by atoms with Gasteiger partial charge in [0.1, 0.15) is 5.82 Å². The van der Waals surface area contributed by atoms with Gasteiger partial charge in [0.25, 0.3) is 0 Å². The van der Waals surface area contributed by atoms with Crippen molar-refractivity contribution in [2.45, 2.75) is 32.7 Å². The Bertz CT molecular complexity index is 1590. The van der Waals surface area contributed by atoms with Gasteiger partial charge in [0.05, 0.1) is 11.0 Å². The predicted molar refractivity (Wildman–Crippen MR) is 145 cm³/mol. The lowest BCUT2D eigenvalue weighted by atomic mass is 10.0. The van der Waals surface area contributed by atoms with Crippen molar-refractivity contribution in [1.29, 1.82) is 0 Å². The topological polar surface area (TPSA) is 53.9 Å². The van der Waals surface area contributed by atoms with Crippen LogP contribution in [0, 0.1) is 18.8 Å². The summed E-state index contributed by atoms with van der Waals surface area (Å²) < 4.78 is 2.38. The maximum Gasteiger partial charge on any atom is 0.225 e. The third-order valence-corrected chi connectivity index (χ3v) is 7.90. The number of hydrogen-bond acceptors (Lipinski definition) is 2. The van der Waals surface area contributed by atoms with Crippen LogP contribution in [0.3, 0.4) is 0 Å². The molecule has 5 nitrogen and oxygen atoms in total. The molecule has 7 rings (SSSR count). The first-order valence-electron chi connectivity index (χ1n) is 13.1. The molecule has 1 saturated heterocycles. The van der Waals surface area contributed by atoms with E-state index >= 15 is 0 Å². The lowest BCUT2D eigenvalue weighted by Crippen LogP contribution is -2.30. The number of nitrogens with zero attached hydrogens (tertiary/aromatic N) is 3. The number of fused-ring (bicyclic) bond motifs is 2. The monoisotopic (exact) mass is 474 g/mol. The number of carbonyl (C=O) groups is 1. The van der Waals surface area contributed by atoms with Crippen molar-refractivity contribution in [2.24, 2.45) is 11.8 Å². The van der Waals surface area contributed by atoms with E-state index < -0.39 is 0 Å². The average Bonchev–Trinajstić information content (AvgIpc) is 3.30. The molecule has 1 N–H and O–H groups in total. The van der Waals surface area contributed by atoms with Crippen molar-refractivity contribution in [3.05, 3.63) is 78.5 Å². The second-order valence-electron chi connectivity index (χ2n) is 10.6. The molecule has 1 atom stereocenters. The highest BCUT2D eigenvalue weighted by molar-refractivity contribution is 5.86. The van der Waals surface area contributed by atoms with E-state index in [4.69, 9.17) is 4.98 Å². The molecule has 180 valence electrons. The van der Waals surface area contributed by atoms with Crippen LogP contribution in [0.1, 0.15) is 24.8 Å². The molecule has 5 aromatic rings. The number of imidazole rings is 1. The highest BCUT2D eigenvalue weighted by Gasteiger charge is 2.36. The zero-order chi connectivity index (χ0) is 24.2. The lowest BCUT2D eigenvalue weighted by Gasteiger charge is -2.18. The van der Waals surface area contributed by atoms with Crippen molar-refractivity contribution in [3.63, 3.8) is 0 Å². The van der Waals surface area contributed by atoms with Gasteiger partial charge in [-0.25, -0.2) is 4.98 Å². The van der Waals surface area contributed by atoms with Gasteiger partial charge in [-0.2, -0.15) is 0 Å². The Morgan fingerprint density at radius 3 is 2.58 bits per heavy atom. The van der Waals surface area contributed by atoms with Crippen LogP contribution < -0.4 is 0 Å². The third-order valence-electron chi connectivity index (χ3n) is 7.90. The molecule has 3 aromatic carbocycles. The van der Waals surface area contributed by atoms with Crippen LogP contribution in [0.4, 0.5) is 0 Å². The number of likely N-dealkylation sites (tertiary alicyclic amines) is 1. The maximum atomic E-state index is 12.6. The Kier molecular flexibility index (Phi) is 4.98. The van der Waals surface area contributed by atoms with Crippen LogP contribution in [0.25, 0.3) is 44.5 Å². The quantitative estimate of drug-likeness (QED) is 0.320. The number of aromatic amines is 1. The van der Waals surface area contributed by atoms with E-state index in [1.807, 2.05) is 6.20 Å². The van der Waals surface area contributed by atoms with Crippen LogP contribution in [-0.4, -0.2) is 38.4 Å². The molecule has 1 saturated carbocycles. The van der Waals surface area contributed by atoms with Gasteiger partial charge in [0.15, 0.2) is 0 Å². The fourth-order valence-corrected chi connectivity index (χ4v) is 5.71. The van der Waals surface area contributed by atoms with Crippen molar-refractivity contribution in [3.8, 4) is 22.5 Å². The zero-order valence-electron chi connectivity index (χ0n) is 20.6. The smallest absolute Gasteiger partial charge is 0.225 e. The van der Waals surface area contributed by atoms with Crippen molar-refractivity contribution >= 4 is 27.8 Å². The van der Waals surface area contributed by atoms with Crippen molar-refractivity contribution in [1.82, 2.24) is 19.4 Å². The summed E-state index contributed by atoms with van der Waals surface area (Å²) in [5.41, 5.74) is 8.10. The Balaban J connectivity index is 1.21. The first kappa shape index (κ1) is 21.4. The van der Waals surface area contributed by atoms with E-state index in [1.165, 1.54) is 27.6 Å². The summed E-state index contributed by atoms with van der Waals surface area (Å²) in [6, 6.07) is 24.0. The lowest BCUT2D eigenvalue weighted by molar-refractivity contribution is -0.131. The largest absolute Gasteiger partial charge is 0.361 e. The fourth-order valence-electron chi connectivity index (χ4n) is 5.71. The van der Waals surface area contributed by atoms with E-state index in [2.05, 4.69) is 88.1 Å². The highest BCUT2D eigenvalue weighted by atomic mass is 16.2. The molecule has 1 aliphatic carbocycles. The Labute approximate surface area is 210 Å². The summed E-state index contributed by atoms with van der Waals surface area (Å²) in [6.07, 6.45) is 5.19. The summed E-state index contributed by atoms with van der Waals surface area (Å²) >= 11 is 0. The van der Waals surface area contributed by atoms with E-state index in [9.17, 15) is 4.79 Å². The zero-order valence-corrected chi connectivity index (χ0v) is 20.6. The Morgan fingerprint density at radius 2 is 1.75 bits per heavy atom. The summed E-state index contributed by atoms with van der Waals surface area (Å²) in [5.74, 6) is 2.13. The van der Waals surface area contributed by atoms with Gasteiger partial charge in [0, 0.05) is 42.8 Å². The maximum absolute atomic E-state index is 12.6. The van der Waals surface area contributed by atoms with Gasteiger partial charge in [-0.3, -0.25) is 4.79 Å². The number of H-pyrrole nitrogens is 1. The number of amides is 1. The summed E-state index contributed by atoms with van der Waals surface area (Å²) in [7, 11) is 0. The van der Waals surface area contributed by atoms with Gasteiger partial charge in [-0.1, -0.05) is 42.5 Å². The minimum atomic E-state index is 0.299. The molecule has 2 aliphatic rings. The molecule has 5 heteroatoms. The second-order valence-corrected chi connectivity index (χ2v) is 10.6. The SMILES string of the molecule is Cc1ccc2c(c1)nc(-c1ccc(-c3ccc4cc[nH]c4c3)cc1)n2CC1CCN(C(=O)C2CC2)C1. The molecule has 1 amide bonds. The average molecular weight is 475 g/mol. The molecule has 1 aliphatic heterocycles. The number of aromatic nitrogens is 3. The molecule has 2 aromatic heterocycles. The molecule has 0 radical (unpaired) electrons. The Morgan fingerprint density at radius 1 is 0.944 bits per heavy atom. The number of carbonyl (C=O) groups excluding carboxylic acids is 1. The van der Waals surface area contributed by atoms with Gasteiger partial charge in [-0.15, -0.1) is 0 Å². The summed E-state index contributed by atoms with van der Waals surface area (Å²) in [5, 5.41) is 1.23. The molecule has 0 bridgehead atoms. The van der Waals surface area contributed by atoms with Crippen LogP contribution >= 0.6 is 0 Å². The van der Waals surface area contributed by atoms with Gasteiger partial charge < -0.3 is 14.5 Å². The highest BCUT2D eigenvalue weighted by Crippen LogP contribution is 2.34. The summed E-state index contributed by atoms with van der Waals surface area (Å²) in [6.45, 7) is 4.75. The van der Waals surface area contributed by atoms with Gasteiger partial charge >= 0.3 is 0 Å².